The zero-order valence-corrected chi connectivity index (χ0v) is 17.6. The van der Waals surface area contributed by atoms with Crippen LogP contribution in [-0.4, -0.2) is 33.0 Å². The fourth-order valence-electron chi connectivity index (χ4n) is 2.79. The highest BCUT2D eigenvalue weighted by Crippen LogP contribution is 2.26. The molecule has 0 saturated heterocycles. The summed E-state index contributed by atoms with van der Waals surface area (Å²) in [6.07, 6.45) is 3.29. The Morgan fingerprint density at radius 3 is 2.37 bits per heavy atom. The molecule has 0 aliphatic rings. The Morgan fingerprint density at radius 2 is 1.77 bits per heavy atom. The predicted octanol–water partition coefficient (Wildman–Crippen LogP) is 2.91. The molecule has 0 unspecified atom stereocenters. The van der Waals surface area contributed by atoms with E-state index in [4.69, 9.17) is 4.74 Å². The molecule has 0 aliphatic carbocycles. The van der Waals surface area contributed by atoms with Gasteiger partial charge in [-0.3, -0.25) is 14.1 Å². The predicted molar refractivity (Wildman–Crippen MR) is 115 cm³/mol. The summed E-state index contributed by atoms with van der Waals surface area (Å²) in [5, 5.41) is 2.74. The largest absolute Gasteiger partial charge is 0.497 e. The molecule has 1 amide bonds. The van der Waals surface area contributed by atoms with E-state index in [1.54, 1.807) is 54.9 Å². The van der Waals surface area contributed by atoms with Gasteiger partial charge in [0.15, 0.2) is 0 Å². The lowest BCUT2D eigenvalue weighted by atomic mass is 10.2. The SMILES string of the molecule is COc1ccc(N(CC(=O)NCc2cccnc2)S(=O)(=O)c2ccc(C)cc2)cc1. The van der Waals surface area contributed by atoms with E-state index in [0.29, 0.717) is 11.4 Å². The van der Waals surface area contributed by atoms with Gasteiger partial charge in [0.05, 0.1) is 17.7 Å². The number of hydrogen-bond acceptors (Lipinski definition) is 5. The Morgan fingerprint density at radius 1 is 1.07 bits per heavy atom. The second kappa shape index (κ2) is 9.41. The van der Waals surface area contributed by atoms with Crippen molar-refractivity contribution in [2.45, 2.75) is 18.4 Å². The maximum atomic E-state index is 13.3. The molecule has 0 fully saturated rings. The number of aromatic nitrogens is 1. The fraction of sp³-hybridized carbons (Fsp3) is 0.182. The van der Waals surface area contributed by atoms with E-state index in [9.17, 15) is 13.2 Å². The molecule has 0 saturated carbocycles. The molecule has 1 N–H and O–H groups in total. The summed E-state index contributed by atoms with van der Waals surface area (Å²) in [4.78, 5) is 16.7. The number of benzene rings is 2. The standard InChI is InChI=1S/C22H23N3O4S/c1-17-5-11-21(12-6-17)30(27,28)25(19-7-9-20(29-2)10-8-19)16-22(26)24-15-18-4-3-13-23-14-18/h3-14H,15-16H2,1-2H3,(H,24,26). The van der Waals surface area contributed by atoms with Crippen LogP contribution in [0.5, 0.6) is 5.75 Å². The van der Waals surface area contributed by atoms with Crippen molar-refractivity contribution in [3.63, 3.8) is 0 Å². The van der Waals surface area contributed by atoms with Gasteiger partial charge in [-0.05, 0) is 55.0 Å². The normalized spacial score (nSPS) is 11.0. The van der Waals surface area contributed by atoms with E-state index in [2.05, 4.69) is 10.3 Å². The number of nitrogens with zero attached hydrogens (tertiary/aromatic N) is 2. The van der Waals surface area contributed by atoms with Crippen LogP contribution < -0.4 is 14.4 Å². The van der Waals surface area contributed by atoms with E-state index in [-0.39, 0.29) is 18.0 Å². The van der Waals surface area contributed by atoms with E-state index in [1.165, 1.54) is 19.2 Å². The topological polar surface area (TPSA) is 88.6 Å². The third kappa shape index (κ3) is 5.15. The monoisotopic (exact) mass is 425 g/mol. The molecule has 1 aromatic heterocycles. The summed E-state index contributed by atoms with van der Waals surface area (Å²) < 4.78 is 32.9. The number of carbonyl (C=O) groups excluding carboxylic acids is 1. The van der Waals surface area contributed by atoms with Crippen molar-refractivity contribution in [3.05, 3.63) is 84.2 Å². The number of anilines is 1. The molecule has 30 heavy (non-hydrogen) atoms. The number of rotatable bonds is 8. The van der Waals surface area contributed by atoms with Crippen molar-refractivity contribution in [2.24, 2.45) is 0 Å². The Kier molecular flexibility index (Phi) is 6.68. The van der Waals surface area contributed by atoms with Gasteiger partial charge in [0.25, 0.3) is 10.0 Å². The van der Waals surface area contributed by atoms with E-state index < -0.39 is 15.9 Å². The molecule has 0 spiro atoms. The van der Waals surface area contributed by atoms with Crippen LogP contribution in [0.4, 0.5) is 5.69 Å². The van der Waals surface area contributed by atoms with Gasteiger partial charge in [-0.15, -0.1) is 0 Å². The fourth-order valence-corrected chi connectivity index (χ4v) is 4.21. The Balaban J connectivity index is 1.86. The molecule has 1 heterocycles. The van der Waals surface area contributed by atoms with Gasteiger partial charge < -0.3 is 10.1 Å². The molecule has 3 aromatic rings. The van der Waals surface area contributed by atoms with Gasteiger partial charge in [0.2, 0.25) is 5.91 Å². The van der Waals surface area contributed by atoms with Crippen molar-refractivity contribution >= 4 is 21.6 Å². The Hall–Kier alpha value is -3.39. The van der Waals surface area contributed by atoms with Crippen LogP contribution >= 0.6 is 0 Å². The van der Waals surface area contributed by atoms with E-state index >= 15 is 0 Å². The van der Waals surface area contributed by atoms with Crippen LogP contribution in [0.3, 0.4) is 0 Å². The number of carbonyl (C=O) groups is 1. The first-order chi connectivity index (χ1) is 14.4. The molecule has 0 bridgehead atoms. The highest BCUT2D eigenvalue weighted by molar-refractivity contribution is 7.92. The summed E-state index contributed by atoms with van der Waals surface area (Å²) in [5.74, 6) is 0.165. The van der Waals surface area contributed by atoms with Gasteiger partial charge in [-0.2, -0.15) is 0 Å². The van der Waals surface area contributed by atoms with Crippen LogP contribution in [-0.2, 0) is 21.4 Å². The summed E-state index contributed by atoms with van der Waals surface area (Å²) in [5.41, 5.74) is 2.13. The smallest absolute Gasteiger partial charge is 0.264 e. The number of methoxy groups -OCH3 is 1. The number of sulfonamides is 1. The molecular formula is C22H23N3O4S. The van der Waals surface area contributed by atoms with Crippen molar-refractivity contribution in [3.8, 4) is 5.75 Å². The molecular weight excluding hydrogens is 402 g/mol. The third-order valence-electron chi connectivity index (χ3n) is 4.47. The highest BCUT2D eigenvalue weighted by atomic mass is 32.2. The van der Waals surface area contributed by atoms with Crippen LogP contribution in [0.25, 0.3) is 0 Å². The number of pyridine rings is 1. The van der Waals surface area contributed by atoms with Gasteiger partial charge in [-0.25, -0.2) is 8.42 Å². The number of hydrogen-bond donors (Lipinski definition) is 1. The molecule has 7 nitrogen and oxygen atoms in total. The summed E-state index contributed by atoms with van der Waals surface area (Å²) >= 11 is 0. The highest BCUT2D eigenvalue weighted by Gasteiger charge is 2.27. The maximum Gasteiger partial charge on any atom is 0.264 e. The second-order valence-electron chi connectivity index (χ2n) is 6.66. The minimum Gasteiger partial charge on any atom is -0.497 e. The molecule has 0 radical (unpaired) electrons. The Bertz CT molecular complexity index is 1080. The number of ether oxygens (including phenoxy) is 1. The van der Waals surface area contributed by atoms with Crippen molar-refractivity contribution in [1.82, 2.24) is 10.3 Å². The van der Waals surface area contributed by atoms with Crippen molar-refractivity contribution in [2.75, 3.05) is 18.0 Å². The summed E-state index contributed by atoms with van der Waals surface area (Å²) in [7, 11) is -2.42. The van der Waals surface area contributed by atoms with Crippen LogP contribution in [0, 0.1) is 6.92 Å². The van der Waals surface area contributed by atoms with Gasteiger partial charge in [0, 0.05) is 18.9 Å². The van der Waals surface area contributed by atoms with Gasteiger partial charge >= 0.3 is 0 Å². The van der Waals surface area contributed by atoms with Crippen LogP contribution in [0.15, 0.2) is 78.0 Å². The number of amides is 1. The number of aryl methyl sites for hydroxylation is 1. The lowest BCUT2D eigenvalue weighted by Gasteiger charge is -2.24. The molecule has 0 aliphatic heterocycles. The first-order valence-electron chi connectivity index (χ1n) is 9.29. The molecule has 2 aromatic carbocycles. The molecule has 8 heteroatoms. The quantitative estimate of drug-likeness (QED) is 0.600. The van der Waals surface area contributed by atoms with Crippen molar-refractivity contribution < 1.29 is 17.9 Å². The maximum absolute atomic E-state index is 13.3. The number of nitrogens with one attached hydrogen (secondary N) is 1. The zero-order valence-electron chi connectivity index (χ0n) is 16.8. The Labute approximate surface area is 176 Å². The first-order valence-corrected chi connectivity index (χ1v) is 10.7. The minimum atomic E-state index is -3.95. The van der Waals surface area contributed by atoms with Crippen molar-refractivity contribution in [1.29, 1.82) is 0 Å². The lowest BCUT2D eigenvalue weighted by molar-refractivity contribution is -0.119. The van der Waals surface area contributed by atoms with Gasteiger partial charge in [0.1, 0.15) is 12.3 Å². The minimum absolute atomic E-state index is 0.115. The molecule has 0 atom stereocenters. The molecule has 156 valence electrons. The summed E-state index contributed by atoms with van der Waals surface area (Å²) in [6.45, 7) is 1.78. The lowest BCUT2D eigenvalue weighted by Crippen LogP contribution is -2.40. The second-order valence-corrected chi connectivity index (χ2v) is 8.52. The third-order valence-corrected chi connectivity index (χ3v) is 6.26. The molecule has 3 rings (SSSR count). The van der Waals surface area contributed by atoms with E-state index in [0.717, 1.165) is 15.4 Å². The summed E-state index contributed by atoms with van der Waals surface area (Å²) in [6, 6.07) is 16.6. The zero-order chi connectivity index (χ0) is 21.6. The average Bonchev–Trinajstić information content (AvgIpc) is 2.77. The van der Waals surface area contributed by atoms with Gasteiger partial charge in [-0.1, -0.05) is 23.8 Å². The van der Waals surface area contributed by atoms with Crippen LogP contribution in [0.2, 0.25) is 0 Å². The van der Waals surface area contributed by atoms with Crippen LogP contribution in [0.1, 0.15) is 11.1 Å². The average molecular weight is 426 g/mol. The van der Waals surface area contributed by atoms with E-state index in [1.807, 2.05) is 13.0 Å². The first kappa shape index (κ1) is 21.3.